The summed E-state index contributed by atoms with van der Waals surface area (Å²) in [5, 5.41) is 41.0. The van der Waals surface area contributed by atoms with Crippen molar-refractivity contribution in [2.45, 2.75) is 196 Å². The number of Topliss-reactive ketones (excluding diaryl/α,β-unsaturated/α-hetero) is 1. The first-order chi connectivity index (χ1) is 38.8. The number of rotatable bonds is 8. The highest BCUT2D eigenvalue weighted by Crippen LogP contribution is 2.86. The van der Waals surface area contributed by atoms with Crippen molar-refractivity contribution in [1.82, 2.24) is 10.2 Å². The number of esters is 2. The molecule has 6 aliphatic heterocycles. The van der Waals surface area contributed by atoms with Crippen molar-refractivity contribution in [2.24, 2.45) is 86.8 Å². The monoisotopic (exact) mass is 1090 g/mol. The molecule has 5 saturated heterocycles. The van der Waals surface area contributed by atoms with Gasteiger partial charge in [0.2, 0.25) is 0 Å². The maximum Gasteiger partial charge on any atom is 0.339 e. The average Bonchev–Trinajstić information content (AvgIpc) is 1.43. The van der Waals surface area contributed by atoms with Gasteiger partial charge < -0.3 is 43.6 Å². The summed E-state index contributed by atoms with van der Waals surface area (Å²) in [4.78, 5) is 50.3. The van der Waals surface area contributed by atoms with Gasteiger partial charge in [0.15, 0.2) is 17.5 Å². The highest BCUT2D eigenvalue weighted by Gasteiger charge is 2.96. The first-order valence-corrected chi connectivity index (χ1v) is 31.9. The van der Waals surface area contributed by atoms with Crippen LogP contribution < -0.4 is 5.32 Å². The van der Waals surface area contributed by atoms with Gasteiger partial charge in [0, 0.05) is 46.7 Å². The fraction of sp³-hybridized carbons (Fsp3) is 0.746. The van der Waals surface area contributed by atoms with E-state index in [-0.39, 0.29) is 60.5 Å². The van der Waals surface area contributed by atoms with E-state index in [9.17, 15) is 20.1 Å². The third-order valence-electron chi connectivity index (χ3n) is 26.5. The summed E-state index contributed by atoms with van der Waals surface area (Å²) < 4.78 is 36.6. The number of carbonyl (C=O) groups is 3. The Labute approximate surface area is 471 Å². The SMILES string of the molecule is CC1(C2CCCCC2)OC2C3(CCCC3)C(=O)OCC23C1C(=O)C(O)C12C4CC(Cc5ccccc5)CCC4C#CC4CCc5coc(CC(C(O)CO)C6CCC7C(C=CN8CNCC78)C6)c5C45OC(=O)C4OC41C5(C)CCC32. The summed E-state index contributed by atoms with van der Waals surface area (Å²) >= 11 is 0. The number of furan rings is 1. The maximum absolute atomic E-state index is 17.0. The van der Waals surface area contributed by atoms with E-state index in [0.29, 0.717) is 75.0 Å². The van der Waals surface area contributed by atoms with Crippen LogP contribution in [0, 0.1) is 98.6 Å². The number of fused-ring (bicyclic) bond motifs is 6. The van der Waals surface area contributed by atoms with Crippen molar-refractivity contribution >= 4 is 17.7 Å². The number of benzene rings is 1. The molecule has 11 fully saturated rings. The summed E-state index contributed by atoms with van der Waals surface area (Å²) in [7, 11) is 0. The number of nitrogens with zero attached hydrogens (tertiary/aromatic N) is 1. The predicted octanol–water partition coefficient (Wildman–Crippen LogP) is 8.13. The third-order valence-corrected chi connectivity index (χ3v) is 26.5. The van der Waals surface area contributed by atoms with Crippen LogP contribution in [0.1, 0.15) is 152 Å². The molecule has 4 bridgehead atoms. The number of carbonyl (C=O) groups excluding carboxylic acids is 3. The lowest BCUT2D eigenvalue weighted by Gasteiger charge is -2.73. The van der Waals surface area contributed by atoms with Crippen molar-refractivity contribution in [3.8, 4) is 11.8 Å². The van der Waals surface area contributed by atoms with Crippen LogP contribution in [0.25, 0.3) is 0 Å². The fourth-order valence-corrected chi connectivity index (χ4v) is 23.4. The standard InChI is InChI=1S/C67H84N2O11/c1-61-27-23-52-64-36-77-60(75)63(25-9-10-26-63)59(64)80-62(2,44-13-7-4-8-14-44)55(64)54(72)56(73)65(52)48-30-39(29-38-11-5-3-6-12-38)15-16-40(48)17-20-45-21-18-43-35-76-51(53(43)66(45,61)79-58(74)57-67(61,65)78-57)32-47(50(71)34-70)41-19-22-46-42(31-41)24-28-69-37-68-33-49(46)69/h3,5-6,11-12,24,28,35,39-42,44-50,52,55-57,59,68,70-71,73H,4,7-10,13-16,18-19,21-23,25-27,29-34,36-37H2,1-2H3. The van der Waals surface area contributed by atoms with Crippen molar-refractivity contribution in [1.29, 1.82) is 0 Å². The van der Waals surface area contributed by atoms with Crippen LogP contribution in [0.5, 0.6) is 0 Å². The number of hydrogen-bond donors (Lipinski definition) is 4. The van der Waals surface area contributed by atoms with E-state index < -0.39 is 86.6 Å². The quantitative estimate of drug-likeness (QED) is 0.113. The molecular weight excluding hydrogens is 1010 g/mol. The zero-order chi connectivity index (χ0) is 54.3. The number of cyclic esters (lactones) is 1. The van der Waals surface area contributed by atoms with Crippen LogP contribution in [0.2, 0.25) is 0 Å². The van der Waals surface area contributed by atoms with Gasteiger partial charge in [-0.1, -0.05) is 87.3 Å². The van der Waals surface area contributed by atoms with Crippen LogP contribution in [-0.2, 0) is 58.2 Å². The van der Waals surface area contributed by atoms with Crippen molar-refractivity contribution in [2.75, 3.05) is 26.4 Å². The summed E-state index contributed by atoms with van der Waals surface area (Å²) in [6.45, 7) is 5.91. The van der Waals surface area contributed by atoms with Gasteiger partial charge in [-0.05, 0) is 168 Å². The Balaban J connectivity index is 0.886. The van der Waals surface area contributed by atoms with Gasteiger partial charge in [0.05, 0.1) is 54.6 Å². The van der Waals surface area contributed by atoms with E-state index >= 15 is 9.59 Å². The van der Waals surface area contributed by atoms with E-state index in [4.69, 9.17) is 23.4 Å². The van der Waals surface area contributed by atoms with Crippen LogP contribution in [0.4, 0.5) is 0 Å². The molecule has 1 aromatic heterocycles. The average molecular weight is 1090 g/mol. The van der Waals surface area contributed by atoms with E-state index in [1.165, 1.54) is 5.56 Å². The minimum atomic E-state index is -1.54. The first-order valence-electron chi connectivity index (χ1n) is 31.9. The zero-order valence-corrected chi connectivity index (χ0v) is 47.1. The minimum absolute atomic E-state index is 0.0290. The summed E-state index contributed by atoms with van der Waals surface area (Å²) in [5.41, 5.74) is -5.12. The van der Waals surface area contributed by atoms with Gasteiger partial charge >= 0.3 is 11.9 Å². The lowest BCUT2D eigenvalue weighted by Crippen LogP contribution is -2.82. The second kappa shape index (κ2) is 18.0. The molecule has 8 aliphatic carbocycles. The van der Waals surface area contributed by atoms with E-state index in [0.717, 1.165) is 108 Å². The molecule has 6 saturated carbocycles. The second-order valence-electron chi connectivity index (χ2n) is 29.1. The molecule has 428 valence electrons. The summed E-state index contributed by atoms with van der Waals surface area (Å²) in [6, 6.07) is 11.1. The molecule has 21 unspecified atom stereocenters. The molecule has 16 rings (SSSR count). The van der Waals surface area contributed by atoms with Crippen LogP contribution >= 0.6 is 0 Å². The Bertz CT molecular complexity index is 2950. The molecule has 2 aromatic rings. The van der Waals surface area contributed by atoms with Crippen molar-refractivity contribution < 1.29 is 53.1 Å². The summed E-state index contributed by atoms with van der Waals surface area (Å²) in [5.74, 6) is 6.33. The third kappa shape index (κ3) is 6.35. The summed E-state index contributed by atoms with van der Waals surface area (Å²) in [6.07, 6.45) is 19.1. The Morgan fingerprint density at radius 2 is 1.73 bits per heavy atom. The number of aliphatic hydroxyl groups is 3. The van der Waals surface area contributed by atoms with Crippen LogP contribution in [-0.4, -0.2) is 106 Å². The number of ketones is 1. The largest absolute Gasteiger partial charge is 0.469 e. The normalized spacial score (nSPS) is 47.8. The number of hydrogen-bond acceptors (Lipinski definition) is 13. The number of aliphatic hydroxyl groups excluding tert-OH is 3. The van der Waals surface area contributed by atoms with Crippen LogP contribution in [0.15, 0.2) is 53.3 Å². The Kier molecular flexibility index (Phi) is 11.6. The number of nitrogens with one attached hydrogen (secondary N) is 1. The highest BCUT2D eigenvalue weighted by atomic mass is 16.7. The minimum Gasteiger partial charge on any atom is -0.469 e. The number of ether oxygens (including phenoxy) is 4. The lowest BCUT2D eigenvalue weighted by molar-refractivity contribution is -0.307. The van der Waals surface area contributed by atoms with Gasteiger partial charge in [-0.3, -0.25) is 14.9 Å². The maximum atomic E-state index is 17.0. The number of allylic oxidation sites excluding steroid dienone is 1. The second-order valence-corrected chi connectivity index (χ2v) is 29.1. The Morgan fingerprint density at radius 1 is 0.900 bits per heavy atom. The zero-order valence-electron chi connectivity index (χ0n) is 47.1. The first kappa shape index (κ1) is 51.6. The van der Waals surface area contributed by atoms with Gasteiger partial charge in [0.25, 0.3) is 0 Å². The highest BCUT2D eigenvalue weighted by molar-refractivity contribution is 5.93. The predicted molar refractivity (Wildman–Crippen MR) is 292 cm³/mol. The van der Waals surface area contributed by atoms with Gasteiger partial charge in [-0.2, -0.15) is 0 Å². The van der Waals surface area contributed by atoms with Crippen molar-refractivity contribution in [3.05, 3.63) is 71.3 Å². The van der Waals surface area contributed by atoms with E-state index in [2.05, 4.69) is 78.5 Å². The molecule has 21 atom stereocenters. The van der Waals surface area contributed by atoms with E-state index in [1.807, 2.05) is 6.26 Å². The number of aryl methyl sites for hydroxylation is 1. The molecule has 5 spiro atoms. The van der Waals surface area contributed by atoms with Gasteiger partial charge in [-0.15, -0.1) is 0 Å². The molecule has 13 nitrogen and oxygen atoms in total. The molecule has 1 aromatic carbocycles. The molecule has 13 heteroatoms. The Morgan fingerprint density at radius 3 is 2.54 bits per heavy atom. The fourth-order valence-electron chi connectivity index (χ4n) is 23.4. The molecule has 7 heterocycles. The van der Waals surface area contributed by atoms with Gasteiger partial charge in [0.1, 0.15) is 24.1 Å². The number of epoxide rings is 1. The van der Waals surface area contributed by atoms with Gasteiger partial charge in [-0.25, -0.2) is 4.79 Å². The molecule has 0 radical (unpaired) electrons. The lowest BCUT2D eigenvalue weighted by atomic mass is 9.30. The van der Waals surface area contributed by atoms with Crippen molar-refractivity contribution in [3.63, 3.8) is 0 Å². The Hall–Kier alpha value is -4.03. The molecule has 0 amide bonds. The topological polar surface area (TPSA) is 181 Å². The molecular formula is C67H84N2O11. The van der Waals surface area contributed by atoms with E-state index in [1.54, 1.807) is 0 Å². The molecule has 4 N–H and O–H groups in total. The molecule has 14 aliphatic rings. The molecule has 80 heavy (non-hydrogen) atoms. The smallest absolute Gasteiger partial charge is 0.339 e. The van der Waals surface area contributed by atoms with Crippen LogP contribution in [0.3, 0.4) is 0 Å².